The lowest BCUT2D eigenvalue weighted by atomic mass is 10.2. The number of carbonyl (C=O) groups excluding carboxylic acids is 2. The second kappa shape index (κ2) is 12.0. The highest BCUT2D eigenvalue weighted by atomic mass is 32.2. The van der Waals surface area contributed by atoms with Crippen molar-refractivity contribution in [1.82, 2.24) is 19.9 Å². The van der Waals surface area contributed by atoms with E-state index in [1.54, 1.807) is 11.1 Å². The number of alkyl halides is 3. The van der Waals surface area contributed by atoms with Gasteiger partial charge in [-0.3, -0.25) is 10.1 Å². The van der Waals surface area contributed by atoms with E-state index < -0.39 is 17.8 Å². The third-order valence-electron chi connectivity index (χ3n) is 6.55. The molecule has 10 nitrogen and oxygen atoms in total. The number of urea groups is 1. The van der Waals surface area contributed by atoms with Crippen molar-refractivity contribution < 1.29 is 27.9 Å². The van der Waals surface area contributed by atoms with Crippen molar-refractivity contribution >= 4 is 51.7 Å². The van der Waals surface area contributed by atoms with Crippen LogP contribution < -0.4 is 16.0 Å². The molecule has 15 heteroatoms. The van der Waals surface area contributed by atoms with Crippen LogP contribution in [0.1, 0.15) is 29.0 Å². The number of fused-ring (bicyclic) bond motifs is 1. The standard InChI is InChI=1S/C25H26F3N7O3S2/c26-25(27,28)14-3-1-4-15(9-14)33-23(38)34-24-30-11-17(39-24)6-7-29-21-20-18(31-13-32-21)10-19(40-20)22(37)35-8-2-5-16(35)12-36/h1,3-4,9,11,13,16,19,36H,2,5-8,10,12H2,(H,29,31,32)(H2,30,33,34,38)/t16-,19?/m1/s1. The molecule has 3 amide bonds. The molecule has 1 saturated heterocycles. The number of benzene rings is 1. The molecule has 2 aromatic heterocycles. The number of halogens is 3. The molecule has 2 atom stereocenters. The lowest BCUT2D eigenvalue weighted by Gasteiger charge is -2.25. The molecule has 5 rings (SSSR count). The topological polar surface area (TPSA) is 132 Å². The number of aliphatic hydroxyl groups excluding tert-OH is 1. The molecule has 1 unspecified atom stereocenters. The van der Waals surface area contributed by atoms with Crippen molar-refractivity contribution in [1.29, 1.82) is 0 Å². The number of thioether (sulfide) groups is 1. The van der Waals surface area contributed by atoms with Gasteiger partial charge in [-0.1, -0.05) is 6.07 Å². The van der Waals surface area contributed by atoms with Crippen molar-refractivity contribution in [2.45, 2.75) is 48.0 Å². The number of nitrogens with zero attached hydrogens (tertiary/aromatic N) is 4. The summed E-state index contributed by atoms with van der Waals surface area (Å²) in [5.41, 5.74) is -0.0242. The lowest BCUT2D eigenvalue weighted by Crippen LogP contribution is -2.42. The summed E-state index contributed by atoms with van der Waals surface area (Å²) in [4.78, 5) is 41.7. The molecule has 0 spiro atoms. The van der Waals surface area contributed by atoms with Gasteiger partial charge in [-0.15, -0.1) is 23.1 Å². The average Bonchev–Trinajstić information content (AvgIpc) is 3.68. The van der Waals surface area contributed by atoms with Crippen molar-refractivity contribution in [2.75, 3.05) is 35.6 Å². The van der Waals surface area contributed by atoms with Gasteiger partial charge in [0, 0.05) is 42.7 Å². The van der Waals surface area contributed by atoms with E-state index in [0.717, 1.165) is 40.4 Å². The van der Waals surface area contributed by atoms with E-state index in [1.807, 2.05) is 0 Å². The van der Waals surface area contributed by atoms with Crippen LogP contribution in [0.3, 0.4) is 0 Å². The number of nitrogens with one attached hydrogen (secondary N) is 3. The highest BCUT2D eigenvalue weighted by Gasteiger charge is 2.38. The number of aromatic nitrogens is 3. The molecule has 0 bridgehead atoms. The molecule has 4 heterocycles. The Labute approximate surface area is 235 Å². The van der Waals surface area contributed by atoms with Gasteiger partial charge in [0.05, 0.1) is 34.1 Å². The summed E-state index contributed by atoms with van der Waals surface area (Å²) in [7, 11) is 0. The Bertz CT molecular complexity index is 1390. The summed E-state index contributed by atoms with van der Waals surface area (Å²) in [6, 6.07) is 3.56. The second-order valence-corrected chi connectivity index (χ2v) is 11.6. The van der Waals surface area contributed by atoms with Crippen LogP contribution in [0.25, 0.3) is 0 Å². The number of likely N-dealkylation sites (tertiary alicyclic amines) is 1. The molecule has 4 N–H and O–H groups in total. The van der Waals surface area contributed by atoms with Crippen LogP contribution in [0, 0.1) is 0 Å². The van der Waals surface area contributed by atoms with E-state index in [4.69, 9.17) is 0 Å². The van der Waals surface area contributed by atoms with Gasteiger partial charge in [0.2, 0.25) is 5.91 Å². The first-order chi connectivity index (χ1) is 19.2. The van der Waals surface area contributed by atoms with E-state index in [9.17, 15) is 27.9 Å². The molecule has 0 radical (unpaired) electrons. The predicted octanol–water partition coefficient (Wildman–Crippen LogP) is 4.25. The zero-order valence-electron chi connectivity index (χ0n) is 21.1. The van der Waals surface area contributed by atoms with Crippen molar-refractivity contribution in [3.63, 3.8) is 0 Å². The van der Waals surface area contributed by atoms with Gasteiger partial charge in [-0.25, -0.2) is 19.7 Å². The quantitative estimate of drug-likeness (QED) is 0.305. The fraction of sp³-hybridized carbons (Fsp3) is 0.400. The Morgan fingerprint density at radius 3 is 2.83 bits per heavy atom. The first-order valence-electron chi connectivity index (χ1n) is 12.6. The Kier molecular flexibility index (Phi) is 8.42. The van der Waals surface area contributed by atoms with E-state index in [1.165, 1.54) is 41.6 Å². The number of amides is 3. The lowest BCUT2D eigenvalue weighted by molar-refractivity contribution is -0.137. The fourth-order valence-electron chi connectivity index (χ4n) is 4.62. The van der Waals surface area contributed by atoms with Crippen molar-refractivity contribution in [2.24, 2.45) is 0 Å². The van der Waals surface area contributed by atoms with Gasteiger partial charge >= 0.3 is 12.2 Å². The number of anilines is 3. The van der Waals surface area contributed by atoms with Crippen LogP contribution in [0.2, 0.25) is 0 Å². The van der Waals surface area contributed by atoms with E-state index >= 15 is 0 Å². The third kappa shape index (κ3) is 6.47. The molecule has 2 aliphatic heterocycles. The summed E-state index contributed by atoms with van der Waals surface area (Å²) < 4.78 is 38.7. The van der Waals surface area contributed by atoms with Crippen LogP contribution in [0.5, 0.6) is 0 Å². The summed E-state index contributed by atoms with van der Waals surface area (Å²) in [6.07, 6.45) is 1.38. The zero-order valence-corrected chi connectivity index (χ0v) is 22.7. The Hall–Kier alpha value is -3.43. The van der Waals surface area contributed by atoms with Gasteiger partial charge in [-0.05, 0) is 31.0 Å². The summed E-state index contributed by atoms with van der Waals surface area (Å²) in [5.74, 6) is 0.668. The fourth-order valence-corrected chi connectivity index (χ4v) is 6.70. The van der Waals surface area contributed by atoms with Crippen LogP contribution in [-0.4, -0.2) is 67.9 Å². The maximum absolute atomic E-state index is 13.1. The number of hydrogen-bond acceptors (Lipinski definition) is 9. The van der Waals surface area contributed by atoms with Gasteiger partial charge in [0.15, 0.2) is 5.13 Å². The minimum Gasteiger partial charge on any atom is -0.394 e. The van der Waals surface area contributed by atoms with E-state index in [-0.39, 0.29) is 29.5 Å². The average molecular weight is 594 g/mol. The van der Waals surface area contributed by atoms with E-state index in [2.05, 4.69) is 30.9 Å². The first kappa shape index (κ1) is 28.1. The molecule has 212 valence electrons. The highest BCUT2D eigenvalue weighted by Crippen LogP contribution is 2.41. The number of aliphatic hydroxyl groups is 1. The molecule has 0 saturated carbocycles. The molecule has 1 fully saturated rings. The predicted molar refractivity (Wildman–Crippen MR) is 146 cm³/mol. The van der Waals surface area contributed by atoms with Crippen LogP contribution in [-0.2, 0) is 23.8 Å². The number of thiazole rings is 1. The molecule has 40 heavy (non-hydrogen) atoms. The van der Waals surface area contributed by atoms with Gasteiger partial charge in [0.1, 0.15) is 12.1 Å². The smallest absolute Gasteiger partial charge is 0.394 e. The normalized spacial score (nSPS) is 18.4. The molecule has 3 aromatic rings. The van der Waals surface area contributed by atoms with Crippen molar-refractivity contribution in [3.05, 3.63) is 52.9 Å². The van der Waals surface area contributed by atoms with Gasteiger partial charge in [0.25, 0.3) is 0 Å². The van der Waals surface area contributed by atoms with Gasteiger partial charge in [-0.2, -0.15) is 13.2 Å². The SMILES string of the molecule is O=C(Nc1cccc(C(F)(F)F)c1)Nc1ncc(CCNc2ncnc3c2SC(C(=O)N2CCC[C@@H]2CO)C3)s1. The molecule has 1 aromatic carbocycles. The second-order valence-electron chi connectivity index (χ2n) is 9.29. The highest BCUT2D eigenvalue weighted by molar-refractivity contribution is 8.01. The zero-order chi connectivity index (χ0) is 28.3. The Morgan fingerprint density at radius 1 is 1.18 bits per heavy atom. The summed E-state index contributed by atoms with van der Waals surface area (Å²) >= 11 is 2.69. The molecule has 2 aliphatic rings. The van der Waals surface area contributed by atoms with Crippen LogP contribution >= 0.6 is 23.1 Å². The first-order valence-corrected chi connectivity index (χ1v) is 14.3. The van der Waals surface area contributed by atoms with E-state index in [0.29, 0.717) is 36.9 Å². The minimum atomic E-state index is -4.51. The molecule has 0 aliphatic carbocycles. The Morgan fingerprint density at radius 2 is 2.02 bits per heavy atom. The largest absolute Gasteiger partial charge is 0.416 e. The molecular weight excluding hydrogens is 567 g/mol. The molecular formula is C25H26F3N7O3S2. The number of carbonyl (C=O) groups is 2. The van der Waals surface area contributed by atoms with Gasteiger partial charge < -0.3 is 20.6 Å². The maximum Gasteiger partial charge on any atom is 0.416 e. The summed E-state index contributed by atoms with van der Waals surface area (Å²) in [5, 5.41) is 17.8. The maximum atomic E-state index is 13.1. The summed E-state index contributed by atoms with van der Waals surface area (Å²) in [6.45, 7) is 1.14. The van der Waals surface area contributed by atoms with Crippen LogP contribution in [0.15, 0.2) is 41.7 Å². The van der Waals surface area contributed by atoms with Crippen molar-refractivity contribution in [3.8, 4) is 0 Å². The minimum absolute atomic E-state index is 0.0149. The van der Waals surface area contributed by atoms with Crippen LogP contribution in [0.4, 0.5) is 34.6 Å². The number of hydrogen-bond donors (Lipinski definition) is 4. The third-order valence-corrected chi connectivity index (χ3v) is 8.84. The Balaban J connectivity index is 1.12. The monoisotopic (exact) mass is 593 g/mol. The number of rotatable bonds is 8.